The number of nitrogens with two attached hydrogens (primary N) is 1. The van der Waals surface area contributed by atoms with Gasteiger partial charge in [-0.25, -0.2) is 0 Å². The Morgan fingerprint density at radius 1 is 1.41 bits per heavy atom. The summed E-state index contributed by atoms with van der Waals surface area (Å²) in [6.45, 7) is 0. The molecule has 0 aliphatic heterocycles. The predicted octanol–water partition coefficient (Wildman–Crippen LogP) is 2.04. The molecule has 0 atom stereocenters. The Labute approximate surface area is 103 Å². The van der Waals surface area contributed by atoms with Gasteiger partial charge in [-0.1, -0.05) is 11.6 Å². The lowest BCUT2D eigenvalue weighted by molar-refractivity contribution is 0.375. The quantitative estimate of drug-likeness (QED) is 0.859. The van der Waals surface area contributed by atoms with Crippen LogP contribution in [0, 0.1) is 0 Å². The number of nitrogens with zero attached hydrogens (tertiary/aromatic N) is 2. The van der Waals surface area contributed by atoms with E-state index in [4.69, 9.17) is 22.1 Å². The number of hydrogen-bond donors (Lipinski definition) is 2. The van der Waals surface area contributed by atoms with Crippen molar-refractivity contribution in [1.29, 1.82) is 0 Å². The third-order valence-electron chi connectivity index (χ3n) is 2.56. The third kappa shape index (κ3) is 1.78. The summed E-state index contributed by atoms with van der Waals surface area (Å²) in [6, 6.07) is 3.31. The lowest BCUT2D eigenvalue weighted by Crippen LogP contribution is -1.98. The number of halogens is 1. The van der Waals surface area contributed by atoms with Gasteiger partial charge in [0.2, 0.25) is 0 Å². The molecule has 6 heteroatoms. The van der Waals surface area contributed by atoms with E-state index in [1.165, 1.54) is 7.11 Å². The summed E-state index contributed by atoms with van der Waals surface area (Å²) >= 11 is 5.81. The van der Waals surface area contributed by atoms with E-state index in [-0.39, 0.29) is 16.5 Å². The van der Waals surface area contributed by atoms with Crippen LogP contribution in [0.4, 0.5) is 5.82 Å². The topological polar surface area (TPSA) is 73.3 Å². The largest absolute Gasteiger partial charge is 0.503 e. The number of methoxy groups -OCH3 is 1. The minimum absolute atomic E-state index is 0.102. The zero-order valence-corrected chi connectivity index (χ0v) is 10.2. The number of aromatic hydroxyl groups is 1. The number of hydrogen-bond acceptors (Lipinski definition) is 4. The Morgan fingerprint density at radius 2 is 2.12 bits per heavy atom. The first-order valence-corrected chi connectivity index (χ1v) is 5.27. The zero-order chi connectivity index (χ0) is 12.6. The first-order chi connectivity index (χ1) is 8.06. The van der Waals surface area contributed by atoms with Crippen molar-refractivity contribution in [3.8, 4) is 22.6 Å². The Morgan fingerprint density at radius 3 is 2.65 bits per heavy atom. The van der Waals surface area contributed by atoms with Crippen LogP contribution >= 0.6 is 11.6 Å². The monoisotopic (exact) mass is 253 g/mol. The molecule has 0 aliphatic rings. The van der Waals surface area contributed by atoms with Gasteiger partial charge in [-0.15, -0.1) is 0 Å². The van der Waals surface area contributed by atoms with Crippen LogP contribution in [-0.4, -0.2) is 22.0 Å². The Balaban J connectivity index is 2.68. The molecule has 0 unspecified atom stereocenters. The van der Waals surface area contributed by atoms with E-state index in [1.54, 1.807) is 30.1 Å². The molecule has 5 nitrogen and oxygen atoms in total. The van der Waals surface area contributed by atoms with Crippen molar-refractivity contribution >= 4 is 17.4 Å². The molecule has 0 amide bonds. The highest BCUT2D eigenvalue weighted by atomic mass is 35.5. The van der Waals surface area contributed by atoms with Gasteiger partial charge in [0.1, 0.15) is 5.82 Å². The van der Waals surface area contributed by atoms with E-state index in [2.05, 4.69) is 5.10 Å². The fraction of sp³-hybridized carbons (Fsp3) is 0.182. The van der Waals surface area contributed by atoms with Crippen molar-refractivity contribution in [2.75, 3.05) is 12.8 Å². The number of phenolic OH excluding ortho intramolecular Hbond substituents is 1. The number of aromatic nitrogens is 2. The van der Waals surface area contributed by atoms with E-state index >= 15 is 0 Å². The number of phenols is 1. The average molecular weight is 254 g/mol. The lowest BCUT2D eigenvalue weighted by atomic mass is 10.1. The van der Waals surface area contributed by atoms with Crippen LogP contribution in [0.1, 0.15) is 0 Å². The second-order valence-electron chi connectivity index (χ2n) is 3.54. The summed E-state index contributed by atoms with van der Waals surface area (Å²) in [6.07, 6.45) is 1.61. The number of benzene rings is 1. The van der Waals surface area contributed by atoms with Gasteiger partial charge >= 0.3 is 0 Å². The molecule has 0 fully saturated rings. The molecule has 1 aromatic carbocycles. The molecule has 90 valence electrons. The van der Waals surface area contributed by atoms with Crippen molar-refractivity contribution in [2.45, 2.75) is 0 Å². The van der Waals surface area contributed by atoms with Crippen LogP contribution in [0.3, 0.4) is 0 Å². The van der Waals surface area contributed by atoms with Gasteiger partial charge in [0.15, 0.2) is 11.5 Å². The Hall–Kier alpha value is -1.88. The van der Waals surface area contributed by atoms with Gasteiger partial charge < -0.3 is 15.6 Å². The highest BCUT2D eigenvalue weighted by Crippen LogP contribution is 2.43. The highest BCUT2D eigenvalue weighted by Gasteiger charge is 2.17. The predicted molar refractivity (Wildman–Crippen MR) is 66.3 cm³/mol. The average Bonchev–Trinajstić information content (AvgIpc) is 2.64. The molecule has 0 aliphatic carbocycles. The minimum Gasteiger partial charge on any atom is -0.503 e. The number of nitrogen functional groups attached to an aromatic ring is 1. The summed E-state index contributed by atoms with van der Waals surface area (Å²) in [5.41, 5.74) is 7.22. The number of rotatable bonds is 2. The van der Waals surface area contributed by atoms with E-state index in [9.17, 15) is 5.11 Å². The molecule has 2 rings (SSSR count). The second kappa shape index (κ2) is 4.18. The lowest BCUT2D eigenvalue weighted by Gasteiger charge is -2.10. The van der Waals surface area contributed by atoms with Crippen molar-refractivity contribution in [1.82, 2.24) is 9.78 Å². The molecular formula is C11H12ClN3O2. The van der Waals surface area contributed by atoms with Crippen molar-refractivity contribution in [2.24, 2.45) is 7.05 Å². The smallest absolute Gasteiger partial charge is 0.177 e. The molecule has 2 aromatic rings. The van der Waals surface area contributed by atoms with E-state index < -0.39 is 0 Å². The molecule has 0 spiro atoms. The summed E-state index contributed by atoms with van der Waals surface area (Å²) < 4.78 is 6.69. The van der Waals surface area contributed by atoms with E-state index in [0.717, 1.165) is 0 Å². The molecule has 3 N–H and O–H groups in total. The summed E-state index contributed by atoms with van der Waals surface area (Å²) in [5.74, 6) is 0.678. The Kier molecular flexibility index (Phi) is 2.85. The van der Waals surface area contributed by atoms with Gasteiger partial charge in [-0.05, 0) is 12.1 Å². The maximum absolute atomic E-state index is 9.81. The summed E-state index contributed by atoms with van der Waals surface area (Å²) in [5, 5.41) is 14.1. The SMILES string of the molecule is COc1c(-c2cnn(C)c2N)ccc(Cl)c1O. The molecule has 0 radical (unpaired) electrons. The van der Waals surface area contributed by atoms with Crippen LogP contribution in [0.25, 0.3) is 11.1 Å². The van der Waals surface area contributed by atoms with Crippen molar-refractivity contribution in [3.63, 3.8) is 0 Å². The van der Waals surface area contributed by atoms with Crippen LogP contribution < -0.4 is 10.5 Å². The van der Waals surface area contributed by atoms with Gasteiger partial charge in [-0.3, -0.25) is 4.68 Å². The van der Waals surface area contributed by atoms with E-state index in [0.29, 0.717) is 16.9 Å². The maximum atomic E-state index is 9.81. The number of anilines is 1. The maximum Gasteiger partial charge on any atom is 0.177 e. The van der Waals surface area contributed by atoms with Gasteiger partial charge in [0.05, 0.1) is 18.3 Å². The highest BCUT2D eigenvalue weighted by molar-refractivity contribution is 6.32. The fourth-order valence-corrected chi connectivity index (χ4v) is 1.77. The standard InChI is InChI=1S/C11H12ClN3O2/c1-15-11(13)7(5-14-15)6-3-4-8(12)9(16)10(6)17-2/h3-5,16H,13H2,1-2H3. The zero-order valence-electron chi connectivity index (χ0n) is 9.44. The Bertz CT molecular complexity index is 566. The van der Waals surface area contributed by atoms with Gasteiger partial charge in [0, 0.05) is 18.2 Å². The van der Waals surface area contributed by atoms with Crippen LogP contribution in [0.2, 0.25) is 5.02 Å². The normalized spacial score (nSPS) is 10.5. The number of aryl methyl sites for hydroxylation is 1. The van der Waals surface area contributed by atoms with Crippen LogP contribution in [-0.2, 0) is 7.05 Å². The molecule has 17 heavy (non-hydrogen) atoms. The van der Waals surface area contributed by atoms with Gasteiger partial charge in [0.25, 0.3) is 0 Å². The first kappa shape index (κ1) is 11.6. The minimum atomic E-state index is -0.102. The van der Waals surface area contributed by atoms with Crippen molar-refractivity contribution in [3.05, 3.63) is 23.4 Å². The first-order valence-electron chi connectivity index (χ1n) is 4.89. The van der Waals surface area contributed by atoms with E-state index in [1.807, 2.05) is 0 Å². The van der Waals surface area contributed by atoms with Crippen LogP contribution in [0.15, 0.2) is 18.3 Å². The number of ether oxygens (including phenoxy) is 1. The third-order valence-corrected chi connectivity index (χ3v) is 2.87. The van der Waals surface area contributed by atoms with Crippen LogP contribution in [0.5, 0.6) is 11.5 Å². The second-order valence-corrected chi connectivity index (χ2v) is 3.95. The van der Waals surface area contributed by atoms with Crippen molar-refractivity contribution < 1.29 is 9.84 Å². The van der Waals surface area contributed by atoms with Gasteiger partial charge in [-0.2, -0.15) is 5.10 Å². The molecule has 0 saturated carbocycles. The summed E-state index contributed by atoms with van der Waals surface area (Å²) in [4.78, 5) is 0. The molecule has 1 heterocycles. The summed E-state index contributed by atoms with van der Waals surface area (Å²) in [7, 11) is 3.20. The fourth-order valence-electron chi connectivity index (χ4n) is 1.62. The molecule has 1 aromatic heterocycles. The molecule has 0 bridgehead atoms. The molecular weight excluding hydrogens is 242 g/mol. The molecule has 0 saturated heterocycles.